The fraction of sp³-hybridized carbons (Fsp3) is 0.333. The zero-order valence-electron chi connectivity index (χ0n) is 12.8. The van der Waals surface area contributed by atoms with E-state index in [4.69, 9.17) is 5.73 Å². The Morgan fingerprint density at radius 2 is 2.05 bits per heavy atom. The molecule has 3 rings (SSSR count). The molecule has 0 saturated heterocycles. The monoisotopic (exact) mass is 298 g/mol. The number of anilines is 1. The lowest BCUT2D eigenvalue weighted by atomic mass is 9.93. The van der Waals surface area contributed by atoms with E-state index in [9.17, 15) is 4.79 Å². The number of nitrogens with zero attached hydrogens (tertiary/aromatic N) is 5. The quantitative estimate of drug-likeness (QED) is 0.768. The molecule has 0 aliphatic heterocycles. The lowest BCUT2D eigenvalue weighted by Crippen LogP contribution is -2.17. The van der Waals surface area contributed by atoms with Gasteiger partial charge in [-0.2, -0.15) is 0 Å². The molecule has 0 radical (unpaired) electrons. The summed E-state index contributed by atoms with van der Waals surface area (Å²) in [5.74, 6) is 0. The topological polar surface area (TPSA) is 91.1 Å². The highest BCUT2D eigenvalue weighted by atomic mass is 16.1. The molecule has 2 N–H and O–H groups in total. The van der Waals surface area contributed by atoms with E-state index < -0.39 is 0 Å². The van der Waals surface area contributed by atoms with Crippen LogP contribution in [0.2, 0.25) is 0 Å². The zero-order valence-corrected chi connectivity index (χ0v) is 12.8. The van der Waals surface area contributed by atoms with Gasteiger partial charge < -0.3 is 5.73 Å². The molecule has 0 aliphatic carbocycles. The second kappa shape index (κ2) is 4.94. The van der Waals surface area contributed by atoms with Crippen molar-refractivity contribution in [3.8, 4) is 0 Å². The van der Waals surface area contributed by atoms with Crippen molar-refractivity contribution in [2.45, 2.75) is 32.7 Å². The van der Waals surface area contributed by atoms with Gasteiger partial charge in [0.05, 0.1) is 17.9 Å². The number of aromatic nitrogens is 5. The van der Waals surface area contributed by atoms with Crippen molar-refractivity contribution in [2.24, 2.45) is 0 Å². The Labute approximate surface area is 127 Å². The fourth-order valence-electron chi connectivity index (χ4n) is 2.13. The maximum Gasteiger partial charge on any atom is 0.258 e. The Bertz CT molecular complexity index is 887. The van der Waals surface area contributed by atoms with E-state index in [0.717, 1.165) is 5.69 Å². The number of nitrogens with two attached hydrogens (primary N) is 1. The van der Waals surface area contributed by atoms with E-state index in [1.54, 1.807) is 23.0 Å². The first kappa shape index (κ1) is 14.2. The van der Waals surface area contributed by atoms with E-state index >= 15 is 0 Å². The molecule has 0 unspecified atom stereocenters. The summed E-state index contributed by atoms with van der Waals surface area (Å²) in [6.07, 6.45) is 3.50. The largest absolute Gasteiger partial charge is 0.399 e. The van der Waals surface area contributed by atoms with Crippen LogP contribution in [0.15, 0.2) is 35.4 Å². The van der Waals surface area contributed by atoms with Crippen molar-refractivity contribution >= 4 is 11.3 Å². The van der Waals surface area contributed by atoms with Gasteiger partial charge in [-0.25, -0.2) is 9.67 Å². The van der Waals surface area contributed by atoms with Crippen molar-refractivity contribution < 1.29 is 0 Å². The maximum atomic E-state index is 12.1. The summed E-state index contributed by atoms with van der Waals surface area (Å²) in [4.78, 5) is 16.6. The minimum absolute atomic E-state index is 0.0664. The van der Waals surface area contributed by atoms with Crippen LogP contribution in [0.5, 0.6) is 0 Å². The standard InChI is InChI=1S/C15H18N6O/c1-15(2,3)12-9-20(19-18-12)8-11-7-14(22)21-5-4-10(16)6-13(21)17-11/h4-7,9H,8,16H2,1-3H3. The molecule has 0 bridgehead atoms. The summed E-state index contributed by atoms with van der Waals surface area (Å²) < 4.78 is 3.15. The number of fused-ring (bicyclic) bond motifs is 1. The number of rotatable bonds is 2. The Kier molecular flexibility index (Phi) is 3.20. The molecule has 3 aromatic heterocycles. The van der Waals surface area contributed by atoms with E-state index in [1.807, 2.05) is 6.20 Å². The molecule has 0 fully saturated rings. The van der Waals surface area contributed by atoms with Gasteiger partial charge >= 0.3 is 0 Å². The Balaban J connectivity index is 1.97. The molecule has 0 aromatic carbocycles. The van der Waals surface area contributed by atoms with Crippen molar-refractivity contribution in [3.63, 3.8) is 0 Å². The lowest BCUT2D eigenvalue weighted by Gasteiger charge is -2.12. The van der Waals surface area contributed by atoms with Crippen LogP contribution >= 0.6 is 0 Å². The van der Waals surface area contributed by atoms with Crippen molar-refractivity contribution in [1.29, 1.82) is 0 Å². The average Bonchev–Trinajstić information content (AvgIpc) is 2.86. The van der Waals surface area contributed by atoms with Gasteiger partial charge in [-0.1, -0.05) is 26.0 Å². The number of pyridine rings is 1. The molecule has 0 saturated carbocycles. The van der Waals surface area contributed by atoms with Gasteiger partial charge in [0.25, 0.3) is 5.56 Å². The van der Waals surface area contributed by atoms with Crippen molar-refractivity contribution in [2.75, 3.05) is 5.73 Å². The number of hydrogen-bond donors (Lipinski definition) is 1. The SMILES string of the molecule is CC(C)(C)c1cn(Cc2cc(=O)n3ccc(N)cc3n2)nn1. The molecule has 0 atom stereocenters. The molecule has 0 spiro atoms. The first-order chi connectivity index (χ1) is 10.3. The highest BCUT2D eigenvalue weighted by Gasteiger charge is 2.18. The van der Waals surface area contributed by atoms with Crippen LogP contribution in [0.1, 0.15) is 32.2 Å². The van der Waals surface area contributed by atoms with Crippen LogP contribution in [0.25, 0.3) is 5.65 Å². The summed E-state index contributed by atoms with van der Waals surface area (Å²) in [5, 5.41) is 8.26. The van der Waals surface area contributed by atoms with E-state index in [1.165, 1.54) is 10.5 Å². The number of hydrogen-bond acceptors (Lipinski definition) is 5. The summed E-state index contributed by atoms with van der Waals surface area (Å²) >= 11 is 0. The minimum atomic E-state index is -0.142. The Hall–Kier alpha value is -2.70. The Morgan fingerprint density at radius 3 is 2.73 bits per heavy atom. The third-order valence-electron chi connectivity index (χ3n) is 3.38. The van der Waals surface area contributed by atoms with Gasteiger partial charge in [0.1, 0.15) is 5.65 Å². The van der Waals surface area contributed by atoms with Gasteiger partial charge in [-0.15, -0.1) is 5.10 Å². The normalized spacial score (nSPS) is 12.0. The van der Waals surface area contributed by atoms with Crippen LogP contribution < -0.4 is 11.3 Å². The minimum Gasteiger partial charge on any atom is -0.399 e. The van der Waals surface area contributed by atoms with E-state index in [0.29, 0.717) is 23.6 Å². The molecule has 3 aromatic rings. The van der Waals surface area contributed by atoms with Gasteiger partial charge in [0.2, 0.25) is 0 Å². The summed E-state index contributed by atoms with van der Waals surface area (Å²) in [6.45, 7) is 6.62. The van der Waals surface area contributed by atoms with E-state index in [-0.39, 0.29) is 11.0 Å². The smallest absolute Gasteiger partial charge is 0.258 e. The lowest BCUT2D eigenvalue weighted by molar-refractivity contribution is 0.566. The first-order valence-electron chi connectivity index (χ1n) is 7.01. The summed E-state index contributed by atoms with van der Waals surface area (Å²) in [5.41, 5.74) is 8.16. The van der Waals surface area contributed by atoms with Crippen LogP contribution in [-0.4, -0.2) is 24.4 Å². The second-order valence-electron chi connectivity index (χ2n) is 6.33. The van der Waals surface area contributed by atoms with Crippen molar-refractivity contribution in [1.82, 2.24) is 24.4 Å². The highest BCUT2D eigenvalue weighted by Crippen LogP contribution is 2.18. The molecule has 114 valence electrons. The molecule has 7 nitrogen and oxygen atoms in total. The molecular weight excluding hydrogens is 280 g/mol. The Morgan fingerprint density at radius 1 is 1.27 bits per heavy atom. The molecule has 0 amide bonds. The molecular formula is C15H18N6O. The van der Waals surface area contributed by atoms with Crippen LogP contribution in [0.4, 0.5) is 5.69 Å². The number of nitrogen functional groups attached to an aromatic ring is 1. The molecule has 0 aliphatic rings. The van der Waals surface area contributed by atoms with Gasteiger partial charge in [0, 0.05) is 35.6 Å². The van der Waals surface area contributed by atoms with Gasteiger partial charge in [0.15, 0.2) is 0 Å². The fourth-order valence-corrected chi connectivity index (χ4v) is 2.13. The average molecular weight is 298 g/mol. The zero-order chi connectivity index (χ0) is 15.9. The van der Waals surface area contributed by atoms with Crippen LogP contribution in [0, 0.1) is 0 Å². The third-order valence-corrected chi connectivity index (χ3v) is 3.38. The predicted octanol–water partition coefficient (Wildman–Crippen LogP) is 1.21. The second-order valence-corrected chi connectivity index (χ2v) is 6.33. The first-order valence-corrected chi connectivity index (χ1v) is 7.01. The van der Waals surface area contributed by atoms with Gasteiger partial charge in [-0.05, 0) is 6.07 Å². The summed E-state index contributed by atoms with van der Waals surface area (Å²) in [7, 11) is 0. The molecule has 22 heavy (non-hydrogen) atoms. The molecule has 3 heterocycles. The summed E-state index contributed by atoms with van der Waals surface area (Å²) in [6, 6.07) is 4.84. The van der Waals surface area contributed by atoms with Crippen LogP contribution in [-0.2, 0) is 12.0 Å². The molecule has 7 heteroatoms. The van der Waals surface area contributed by atoms with E-state index in [2.05, 4.69) is 36.1 Å². The van der Waals surface area contributed by atoms with Crippen LogP contribution in [0.3, 0.4) is 0 Å². The predicted molar refractivity (Wildman–Crippen MR) is 83.7 cm³/mol. The third kappa shape index (κ3) is 2.69. The highest BCUT2D eigenvalue weighted by molar-refractivity contribution is 5.51. The van der Waals surface area contributed by atoms with Gasteiger partial charge in [-0.3, -0.25) is 9.20 Å². The van der Waals surface area contributed by atoms with Crippen molar-refractivity contribution in [3.05, 3.63) is 52.3 Å². The maximum absolute atomic E-state index is 12.1.